The Balaban J connectivity index is 2.34. The van der Waals surface area contributed by atoms with Gasteiger partial charge in [-0.3, -0.25) is 9.59 Å². The summed E-state index contributed by atoms with van der Waals surface area (Å²) >= 11 is 1.63. The number of hydrogen-bond acceptors (Lipinski definition) is 3. The maximum absolute atomic E-state index is 11.7. The minimum atomic E-state index is -0.872. The van der Waals surface area contributed by atoms with E-state index in [0.717, 1.165) is 6.42 Å². The van der Waals surface area contributed by atoms with Crippen LogP contribution in [0.25, 0.3) is 0 Å². The van der Waals surface area contributed by atoms with Crippen LogP contribution in [-0.2, 0) is 16.0 Å². The van der Waals surface area contributed by atoms with Gasteiger partial charge in [0.2, 0.25) is 5.91 Å². The Morgan fingerprint density at radius 1 is 1.53 bits per heavy atom. The highest BCUT2D eigenvalue weighted by molar-refractivity contribution is 7.09. The number of carboxylic acids is 1. The predicted molar refractivity (Wildman–Crippen MR) is 67.1 cm³/mol. The van der Waals surface area contributed by atoms with Crippen molar-refractivity contribution in [2.45, 2.75) is 19.8 Å². The van der Waals surface area contributed by atoms with E-state index in [1.165, 1.54) is 9.78 Å². The topological polar surface area (TPSA) is 57.6 Å². The standard InChI is InChI=1S/C12H17NO3S/c1-9(12(15)16)8-13(2)11(14)6-5-10-4-3-7-17-10/h3-4,7,9H,5-6,8H2,1-2H3,(H,15,16). The first kappa shape index (κ1) is 13.7. The van der Waals surface area contributed by atoms with Crippen molar-refractivity contribution in [3.8, 4) is 0 Å². The van der Waals surface area contributed by atoms with Crippen LogP contribution in [0.5, 0.6) is 0 Å². The molecule has 1 aromatic rings. The molecular weight excluding hydrogens is 238 g/mol. The van der Waals surface area contributed by atoms with Crippen molar-refractivity contribution in [1.29, 1.82) is 0 Å². The number of carboxylic acid groups (broad SMARTS) is 1. The van der Waals surface area contributed by atoms with Crippen LogP contribution in [0.3, 0.4) is 0 Å². The molecule has 1 amide bonds. The molecule has 94 valence electrons. The lowest BCUT2D eigenvalue weighted by Gasteiger charge is -2.19. The molecular formula is C12H17NO3S. The third-order valence-electron chi connectivity index (χ3n) is 2.56. The van der Waals surface area contributed by atoms with E-state index in [-0.39, 0.29) is 12.5 Å². The van der Waals surface area contributed by atoms with E-state index >= 15 is 0 Å². The van der Waals surface area contributed by atoms with Gasteiger partial charge in [-0.05, 0) is 17.9 Å². The SMILES string of the molecule is CC(CN(C)C(=O)CCc1cccs1)C(=O)O. The third kappa shape index (κ3) is 4.56. The summed E-state index contributed by atoms with van der Waals surface area (Å²) in [5.41, 5.74) is 0. The number of hydrogen-bond donors (Lipinski definition) is 1. The summed E-state index contributed by atoms with van der Waals surface area (Å²) in [5.74, 6) is -1.40. The average molecular weight is 255 g/mol. The molecule has 0 aliphatic rings. The van der Waals surface area contributed by atoms with Crippen LogP contribution in [0.15, 0.2) is 17.5 Å². The largest absolute Gasteiger partial charge is 0.481 e. The Bertz CT molecular complexity index is 375. The zero-order valence-corrected chi connectivity index (χ0v) is 10.9. The second-order valence-electron chi connectivity index (χ2n) is 4.09. The maximum atomic E-state index is 11.7. The zero-order valence-electron chi connectivity index (χ0n) is 10.0. The molecule has 0 radical (unpaired) electrons. The van der Waals surface area contributed by atoms with Crippen molar-refractivity contribution < 1.29 is 14.7 Å². The van der Waals surface area contributed by atoms with E-state index in [9.17, 15) is 9.59 Å². The summed E-state index contributed by atoms with van der Waals surface area (Å²) < 4.78 is 0. The monoisotopic (exact) mass is 255 g/mol. The van der Waals surface area contributed by atoms with Gasteiger partial charge in [-0.2, -0.15) is 0 Å². The Kier molecular flexibility index (Phi) is 5.15. The number of aryl methyl sites for hydroxylation is 1. The maximum Gasteiger partial charge on any atom is 0.308 e. The van der Waals surface area contributed by atoms with Gasteiger partial charge in [0, 0.05) is 24.9 Å². The molecule has 5 heteroatoms. The van der Waals surface area contributed by atoms with Gasteiger partial charge < -0.3 is 10.0 Å². The molecule has 1 rings (SSSR count). The Labute approximate surface area is 105 Å². The summed E-state index contributed by atoms with van der Waals surface area (Å²) in [7, 11) is 1.65. The van der Waals surface area contributed by atoms with E-state index in [1.807, 2.05) is 17.5 Å². The van der Waals surface area contributed by atoms with Crippen LogP contribution in [0, 0.1) is 5.92 Å². The highest BCUT2D eigenvalue weighted by Gasteiger charge is 2.17. The molecule has 1 N–H and O–H groups in total. The quantitative estimate of drug-likeness (QED) is 0.844. The molecule has 0 saturated carbocycles. The molecule has 0 spiro atoms. The molecule has 1 atom stereocenters. The number of aliphatic carboxylic acids is 1. The fourth-order valence-electron chi connectivity index (χ4n) is 1.47. The normalized spacial score (nSPS) is 12.1. The molecule has 0 bridgehead atoms. The molecule has 4 nitrogen and oxygen atoms in total. The Morgan fingerprint density at radius 3 is 2.76 bits per heavy atom. The van der Waals surface area contributed by atoms with Gasteiger partial charge in [0.25, 0.3) is 0 Å². The number of carbonyl (C=O) groups excluding carboxylic acids is 1. The highest BCUT2D eigenvalue weighted by Crippen LogP contribution is 2.11. The summed E-state index contributed by atoms with van der Waals surface area (Å²) in [6.45, 7) is 1.87. The molecule has 0 aliphatic carbocycles. The van der Waals surface area contributed by atoms with E-state index in [0.29, 0.717) is 6.42 Å². The first-order valence-electron chi connectivity index (χ1n) is 5.50. The van der Waals surface area contributed by atoms with Crippen LogP contribution < -0.4 is 0 Å². The van der Waals surface area contributed by atoms with E-state index < -0.39 is 11.9 Å². The van der Waals surface area contributed by atoms with Crippen molar-refractivity contribution >= 4 is 23.2 Å². The second-order valence-corrected chi connectivity index (χ2v) is 5.13. The smallest absolute Gasteiger partial charge is 0.308 e. The van der Waals surface area contributed by atoms with Crippen LogP contribution in [0.4, 0.5) is 0 Å². The van der Waals surface area contributed by atoms with Crippen molar-refractivity contribution in [2.24, 2.45) is 5.92 Å². The van der Waals surface area contributed by atoms with Crippen molar-refractivity contribution in [3.05, 3.63) is 22.4 Å². The number of thiophene rings is 1. The first-order valence-corrected chi connectivity index (χ1v) is 6.38. The van der Waals surface area contributed by atoms with Crippen LogP contribution in [0.2, 0.25) is 0 Å². The van der Waals surface area contributed by atoms with Gasteiger partial charge in [0.15, 0.2) is 0 Å². The fourth-order valence-corrected chi connectivity index (χ4v) is 2.18. The minimum Gasteiger partial charge on any atom is -0.481 e. The van der Waals surface area contributed by atoms with Crippen LogP contribution >= 0.6 is 11.3 Å². The van der Waals surface area contributed by atoms with Crippen molar-refractivity contribution in [2.75, 3.05) is 13.6 Å². The molecule has 0 aromatic carbocycles. The number of carbonyl (C=O) groups is 2. The average Bonchev–Trinajstić information content (AvgIpc) is 2.78. The Morgan fingerprint density at radius 2 is 2.24 bits per heavy atom. The number of nitrogens with zero attached hydrogens (tertiary/aromatic N) is 1. The predicted octanol–water partition coefficient (Wildman–Crippen LogP) is 1.86. The zero-order chi connectivity index (χ0) is 12.8. The van der Waals surface area contributed by atoms with E-state index in [4.69, 9.17) is 5.11 Å². The van der Waals surface area contributed by atoms with Gasteiger partial charge in [-0.15, -0.1) is 11.3 Å². The second kappa shape index (κ2) is 6.39. The number of amides is 1. The molecule has 0 saturated heterocycles. The van der Waals surface area contributed by atoms with E-state index in [1.54, 1.807) is 25.3 Å². The van der Waals surface area contributed by atoms with Gasteiger partial charge in [-0.25, -0.2) is 0 Å². The summed E-state index contributed by atoms with van der Waals surface area (Å²) in [5, 5.41) is 10.7. The molecule has 1 aromatic heterocycles. The fraction of sp³-hybridized carbons (Fsp3) is 0.500. The van der Waals surface area contributed by atoms with Crippen LogP contribution in [-0.4, -0.2) is 35.5 Å². The number of rotatable bonds is 6. The molecule has 0 aliphatic heterocycles. The molecule has 1 heterocycles. The van der Waals surface area contributed by atoms with E-state index in [2.05, 4.69) is 0 Å². The van der Waals surface area contributed by atoms with Crippen molar-refractivity contribution in [3.63, 3.8) is 0 Å². The van der Waals surface area contributed by atoms with Gasteiger partial charge >= 0.3 is 5.97 Å². The lowest BCUT2D eigenvalue weighted by molar-refractivity contribution is -0.142. The van der Waals surface area contributed by atoms with Gasteiger partial charge in [-0.1, -0.05) is 13.0 Å². The van der Waals surface area contributed by atoms with Crippen molar-refractivity contribution in [1.82, 2.24) is 4.90 Å². The minimum absolute atomic E-state index is 0.00787. The molecule has 1 unspecified atom stereocenters. The third-order valence-corrected chi connectivity index (χ3v) is 3.50. The highest BCUT2D eigenvalue weighted by atomic mass is 32.1. The lowest BCUT2D eigenvalue weighted by atomic mass is 10.1. The van der Waals surface area contributed by atoms with Gasteiger partial charge in [0.05, 0.1) is 5.92 Å². The first-order chi connectivity index (χ1) is 8.00. The summed E-state index contributed by atoms with van der Waals surface area (Å²) in [6.07, 6.45) is 1.16. The van der Waals surface area contributed by atoms with Crippen LogP contribution in [0.1, 0.15) is 18.2 Å². The summed E-state index contributed by atoms with van der Waals surface area (Å²) in [4.78, 5) is 25.1. The molecule has 0 fully saturated rings. The van der Waals surface area contributed by atoms with Gasteiger partial charge in [0.1, 0.15) is 0 Å². The Hall–Kier alpha value is -1.36. The molecule has 17 heavy (non-hydrogen) atoms. The summed E-state index contributed by atoms with van der Waals surface area (Å²) in [6, 6.07) is 3.96. The lowest BCUT2D eigenvalue weighted by Crippen LogP contribution is -2.33.